The Morgan fingerprint density at radius 1 is 1.60 bits per heavy atom. The molecule has 4 heteroatoms. The SMILES string of the molecule is CCC(C)C(O)[C@]1(C)OC(=O)[C@@H](C)[C@H]1O. The molecule has 0 radical (unpaired) electrons. The van der Waals surface area contributed by atoms with E-state index < -0.39 is 29.7 Å². The molecule has 0 aliphatic carbocycles. The smallest absolute Gasteiger partial charge is 0.312 e. The van der Waals surface area contributed by atoms with E-state index in [-0.39, 0.29) is 5.92 Å². The number of rotatable bonds is 3. The van der Waals surface area contributed by atoms with Crippen molar-refractivity contribution in [1.82, 2.24) is 0 Å². The number of aliphatic hydroxyl groups excluding tert-OH is 2. The average Bonchev–Trinajstić information content (AvgIpc) is 2.41. The molecule has 1 saturated heterocycles. The van der Waals surface area contributed by atoms with E-state index in [4.69, 9.17) is 4.74 Å². The van der Waals surface area contributed by atoms with Gasteiger partial charge < -0.3 is 14.9 Å². The van der Waals surface area contributed by atoms with Gasteiger partial charge in [-0.1, -0.05) is 20.3 Å². The summed E-state index contributed by atoms with van der Waals surface area (Å²) >= 11 is 0. The molecule has 0 amide bonds. The zero-order valence-corrected chi connectivity index (χ0v) is 9.73. The largest absolute Gasteiger partial charge is 0.453 e. The second kappa shape index (κ2) is 4.10. The number of carbonyl (C=O) groups is 1. The Morgan fingerprint density at radius 2 is 2.13 bits per heavy atom. The topological polar surface area (TPSA) is 66.8 Å². The molecule has 0 spiro atoms. The summed E-state index contributed by atoms with van der Waals surface area (Å²) in [5.41, 5.74) is -1.16. The summed E-state index contributed by atoms with van der Waals surface area (Å²) in [4.78, 5) is 11.3. The first-order chi connectivity index (χ1) is 6.84. The van der Waals surface area contributed by atoms with Gasteiger partial charge in [0, 0.05) is 0 Å². The van der Waals surface area contributed by atoms with Crippen LogP contribution in [0.1, 0.15) is 34.1 Å². The van der Waals surface area contributed by atoms with Crippen LogP contribution in [0.4, 0.5) is 0 Å². The fourth-order valence-corrected chi connectivity index (χ4v) is 2.02. The molecule has 0 aromatic carbocycles. The maximum Gasteiger partial charge on any atom is 0.312 e. The maximum atomic E-state index is 11.3. The molecule has 15 heavy (non-hydrogen) atoms. The number of hydrogen-bond acceptors (Lipinski definition) is 4. The van der Waals surface area contributed by atoms with Gasteiger partial charge >= 0.3 is 5.97 Å². The predicted molar refractivity (Wildman–Crippen MR) is 55.1 cm³/mol. The molecule has 0 aromatic rings. The summed E-state index contributed by atoms with van der Waals surface area (Å²) < 4.78 is 5.12. The summed E-state index contributed by atoms with van der Waals surface area (Å²) in [6.45, 7) is 7.03. The lowest BCUT2D eigenvalue weighted by molar-refractivity contribution is -0.168. The second-order valence-electron chi connectivity index (χ2n) is 4.67. The maximum absolute atomic E-state index is 11.3. The predicted octanol–water partition coefficient (Wildman–Crippen LogP) is 0.706. The molecule has 1 heterocycles. The molecule has 1 rings (SSSR count). The highest BCUT2D eigenvalue weighted by Gasteiger charge is 2.55. The summed E-state index contributed by atoms with van der Waals surface area (Å²) in [6, 6.07) is 0. The summed E-state index contributed by atoms with van der Waals surface area (Å²) in [7, 11) is 0. The Bertz CT molecular complexity index is 253. The minimum Gasteiger partial charge on any atom is -0.453 e. The van der Waals surface area contributed by atoms with E-state index in [9.17, 15) is 15.0 Å². The van der Waals surface area contributed by atoms with Gasteiger partial charge in [0.2, 0.25) is 0 Å². The third-order valence-corrected chi connectivity index (χ3v) is 3.52. The van der Waals surface area contributed by atoms with E-state index in [1.807, 2.05) is 13.8 Å². The number of carbonyl (C=O) groups excluding carboxylic acids is 1. The Morgan fingerprint density at radius 3 is 2.47 bits per heavy atom. The van der Waals surface area contributed by atoms with Crippen LogP contribution in [0.5, 0.6) is 0 Å². The quantitative estimate of drug-likeness (QED) is 0.682. The third-order valence-electron chi connectivity index (χ3n) is 3.52. The lowest BCUT2D eigenvalue weighted by Gasteiger charge is -2.35. The summed E-state index contributed by atoms with van der Waals surface area (Å²) in [5.74, 6) is -1.01. The van der Waals surface area contributed by atoms with Gasteiger partial charge in [-0.3, -0.25) is 4.79 Å². The standard InChI is InChI=1S/C11H20O4/c1-5-6(2)8(12)11(4)9(13)7(3)10(14)15-11/h6-9,12-13H,5H2,1-4H3/t6?,7-,8?,9+,11-/m0/s1. The molecular weight excluding hydrogens is 196 g/mol. The number of aliphatic hydroxyl groups is 2. The van der Waals surface area contributed by atoms with E-state index in [1.54, 1.807) is 13.8 Å². The highest BCUT2D eigenvalue weighted by Crippen LogP contribution is 2.37. The monoisotopic (exact) mass is 216 g/mol. The van der Waals surface area contributed by atoms with Gasteiger partial charge in [0.15, 0.2) is 5.60 Å². The minimum atomic E-state index is -1.16. The van der Waals surface area contributed by atoms with Crippen molar-refractivity contribution in [3.8, 4) is 0 Å². The Kier molecular flexibility index (Phi) is 3.41. The van der Waals surface area contributed by atoms with Gasteiger partial charge in [-0.15, -0.1) is 0 Å². The van der Waals surface area contributed by atoms with Crippen LogP contribution in [0.15, 0.2) is 0 Å². The molecule has 5 atom stereocenters. The lowest BCUT2D eigenvalue weighted by Crippen LogP contribution is -2.51. The fourth-order valence-electron chi connectivity index (χ4n) is 2.02. The lowest BCUT2D eigenvalue weighted by atomic mass is 9.82. The van der Waals surface area contributed by atoms with E-state index in [0.717, 1.165) is 6.42 Å². The molecule has 88 valence electrons. The zero-order chi connectivity index (χ0) is 11.8. The van der Waals surface area contributed by atoms with Crippen molar-refractivity contribution in [2.75, 3.05) is 0 Å². The van der Waals surface area contributed by atoms with Gasteiger partial charge in [-0.2, -0.15) is 0 Å². The normalized spacial score (nSPS) is 40.0. The zero-order valence-electron chi connectivity index (χ0n) is 9.73. The fraction of sp³-hybridized carbons (Fsp3) is 0.909. The van der Waals surface area contributed by atoms with Crippen LogP contribution in [0.2, 0.25) is 0 Å². The average molecular weight is 216 g/mol. The number of esters is 1. The molecule has 0 aromatic heterocycles. The van der Waals surface area contributed by atoms with Gasteiger partial charge in [-0.25, -0.2) is 0 Å². The van der Waals surface area contributed by atoms with Crippen LogP contribution in [0.3, 0.4) is 0 Å². The highest BCUT2D eigenvalue weighted by atomic mass is 16.6. The first-order valence-electron chi connectivity index (χ1n) is 5.43. The summed E-state index contributed by atoms with van der Waals surface area (Å²) in [5, 5.41) is 19.9. The first kappa shape index (κ1) is 12.5. The van der Waals surface area contributed by atoms with Gasteiger partial charge in [0.05, 0.1) is 12.0 Å². The van der Waals surface area contributed by atoms with Crippen molar-refractivity contribution < 1.29 is 19.7 Å². The van der Waals surface area contributed by atoms with Gasteiger partial charge in [-0.05, 0) is 19.8 Å². The van der Waals surface area contributed by atoms with Crippen LogP contribution in [0, 0.1) is 11.8 Å². The molecule has 1 aliphatic heterocycles. The van der Waals surface area contributed by atoms with Crippen molar-refractivity contribution in [2.24, 2.45) is 11.8 Å². The van der Waals surface area contributed by atoms with Crippen molar-refractivity contribution in [2.45, 2.75) is 51.9 Å². The Balaban J connectivity index is 2.88. The molecule has 0 bridgehead atoms. The number of cyclic esters (lactones) is 1. The minimum absolute atomic E-state index is 0.0113. The van der Waals surface area contributed by atoms with E-state index in [1.165, 1.54) is 0 Å². The molecule has 2 N–H and O–H groups in total. The molecule has 4 nitrogen and oxygen atoms in total. The van der Waals surface area contributed by atoms with Gasteiger partial charge in [0.1, 0.15) is 6.10 Å². The Hall–Kier alpha value is -0.610. The number of ether oxygens (including phenoxy) is 1. The van der Waals surface area contributed by atoms with Crippen LogP contribution in [-0.4, -0.2) is 34.0 Å². The van der Waals surface area contributed by atoms with E-state index in [0.29, 0.717) is 0 Å². The van der Waals surface area contributed by atoms with Crippen molar-refractivity contribution in [3.05, 3.63) is 0 Å². The third kappa shape index (κ3) is 1.88. The molecule has 1 aliphatic rings. The first-order valence-corrected chi connectivity index (χ1v) is 5.43. The van der Waals surface area contributed by atoms with Crippen LogP contribution < -0.4 is 0 Å². The Labute approximate surface area is 90.2 Å². The van der Waals surface area contributed by atoms with Crippen LogP contribution in [0.25, 0.3) is 0 Å². The molecular formula is C11H20O4. The molecule has 0 saturated carbocycles. The van der Waals surface area contributed by atoms with Crippen LogP contribution in [-0.2, 0) is 9.53 Å². The van der Waals surface area contributed by atoms with E-state index >= 15 is 0 Å². The molecule has 2 unspecified atom stereocenters. The van der Waals surface area contributed by atoms with Crippen LogP contribution >= 0.6 is 0 Å². The summed E-state index contributed by atoms with van der Waals surface area (Å²) in [6.07, 6.45) is -0.990. The molecule has 1 fully saturated rings. The van der Waals surface area contributed by atoms with Crippen molar-refractivity contribution in [3.63, 3.8) is 0 Å². The second-order valence-corrected chi connectivity index (χ2v) is 4.67. The van der Waals surface area contributed by atoms with Gasteiger partial charge in [0.25, 0.3) is 0 Å². The van der Waals surface area contributed by atoms with Crippen molar-refractivity contribution in [1.29, 1.82) is 0 Å². The van der Waals surface area contributed by atoms with E-state index in [2.05, 4.69) is 0 Å². The van der Waals surface area contributed by atoms with Crippen molar-refractivity contribution >= 4 is 5.97 Å². The number of hydrogen-bond donors (Lipinski definition) is 2. The highest BCUT2D eigenvalue weighted by molar-refractivity contribution is 5.76.